The second-order valence-electron chi connectivity index (χ2n) is 2.71. The van der Waals surface area contributed by atoms with E-state index in [1.54, 1.807) is 0 Å². The zero-order chi connectivity index (χ0) is 11.0. The minimum atomic E-state index is -3.51. The lowest BCUT2D eigenvalue weighted by Gasteiger charge is -2.09. The molecule has 1 unspecified atom stereocenters. The zero-order valence-electron chi connectivity index (χ0n) is 7.93. The molecule has 0 saturated carbocycles. The van der Waals surface area contributed by atoms with Crippen LogP contribution in [0.2, 0.25) is 0 Å². The standard InChI is InChI=1S/C7H14N2O4S/c1-13-6-7(10)2-4-9-14(11,12)5-3-8/h7,9-10H,2,4-6H2,1H3. The topological polar surface area (TPSA) is 99.4 Å². The first-order valence-corrected chi connectivity index (χ1v) is 5.68. The molecule has 6 nitrogen and oxygen atoms in total. The van der Waals surface area contributed by atoms with Crippen LogP contribution in [0.1, 0.15) is 6.42 Å². The Morgan fingerprint density at radius 3 is 2.79 bits per heavy atom. The third-order valence-electron chi connectivity index (χ3n) is 1.41. The summed E-state index contributed by atoms with van der Waals surface area (Å²) in [6, 6.07) is 1.53. The van der Waals surface area contributed by atoms with Gasteiger partial charge in [-0.15, -0.1) is 0 Å². The fourth-order valence-corrected chi connectivity index (χ4v) is 1.49. The Bertz CT molecular complexity index is 283. The number of nitrogens with one attached hydrogen (secondary N) is 1. The smallest absolute Gasteiger partial charge is 0.225 e. The van der Waals surface area contributed by atoms with Crippen LogP contribution in [0, 0.1) is 11.3 Å². The number of nitriles is 1. The molecule has 0 radical (unpaired) electrons. The van der Waals surface area contributed by atoms with E-state index in [2.05, 4.69) is 9.46 Å². The third kappa shape index (κ3) is 6.80. The van der Waals surface area contributed by atoms with E-state index in [0.29, 0.717) is 0 Å². The predicted octanol–water partition coefficient (Wildman–Crippen LogP) is -1.17. The minimum Gasteiger partial charge on any atom is -0.391 e. The molecule has 0 rings (SSSR count). The van der Waals surface area contributed by atoms with Crippen molar-refractivity contribution in [2.75, 3.05) is 26.0 Å². The first-order valence-electron chi connectivity index (χ1n) is 4.03. The fraction of sp³-hybridized carbons (Fsp3) is 0.857. The molecule has 2 N–H and O–H groups in total. The van der Waals surface area contributed by atoms with Gasteiger partial charge in [0, 0.05) is 13.7 Å². The monoisotopic (exact) mass is 222 g/mol. The van der Waals surface area contributed by atoms with Crippen molar-refractivity contribution < 1.29 is 18.3 Å². The van der Waals surface area contributed by atoms with Gasteiger partial charge in [0.15, 0.2) is 5.75 Å². The van der Waals surface area contributed by atoms with E-state index in [1.807, 2.05) is 0 Å². The molecule has 0 saturated heterocycles. The molecule has 0 aliphatic rings. The van der Waals surface area contributed by atoms with E-state index in [1.165, 1.54) is 13.2 Å². The summed E-state index contributed by atoms with van der Waals surface area (Å²) in [5.74, 6) is -0.562. The van der Waals surface area contributed by atoms with Crippen molar-refractivity contribution in [1.82, 2.24) is 4.72 Å². The molecule has 82 valence electrons. The maximum Gasteiger partial charge on any atom is 0.225 e. The second kappa shape index (κ2) is 6.73. The number of aliphatic hydroxyl groups is 1. The first-order chi connectivity index (χ1) is 6.52. The molecule has 0 aromatic rings. The summed E-state index contributed by atoms with van der Waals surface area (Å²) in [6.45, 7) is 0.272. The maximum atomic E-state index is 10.9. The van der Waals surface area contributed by atoms with Crippen molar-refractivity contribution in [3.8, 4) is 6.07 Å². The van der Waals surface area contributed by atoms with Crippen LogP contribution in [-0.2, 0) is 14.8 Å². The molecule has 14 heavy (non-hydrogen) atoms. The van der Waals surface area contributed by atoms with Gasteiger partial charge >= 0.3 is 0 Å². The lowest BCUT2D eigenvalue weighted by atomic mass is 10.3. The Labute approximate surface area is 83.5 Å². The van der Waals surface area contributed by atoms with Gasteiger partial charge in [-0.1, -0.05) is 0 Å². The molecule has 0 aliphatic carbocycles. The zero-order valence-corrected chi connectivity index (χ0v) is 8.75. The van der Waals surface area contributed by atoms with Crippen molar-refractivity contribution in [3.63, 3.8) is 0 Å². The summed E-state index contributed by atoms with van der Waals surface area (Å²) in [6.07, 6.45) is -0.428. The van der Waals surface area contributed by atoms with Crippen LogP contribution in [0.4, 0.5) is 0 Å². The molecule has 0 bridgehead atoms. The average molecular weight is 222 g/mol. The number of hydrogen-bond acceptors (Lipinski definition) is 5. The molecule has 0 fully saturated rings. The number of aliphatic hydroxyl groups excluding tert-OH is 1. The first kappa shape index (κ1) is 13.3. The highest BCUT2D eigenvalue weighted by Gasteiger charge is 2.10. The van der Waals surface area contributed by atoms with Crippen LogP contribution in [-0.4, -0.2) is 45.6 Å². The van der Waals surface area contributed by atoms with E-state index in [-0.39, 0.29) is 19.6 Å². The second-order valence-corrected chi connectivity index (χ2v) is 4.52. The predicted molar refractivity (Wildman–Crippen MR) is 49.9 cm³/mol. The van der Waals surface area contributed by atoms with Crippen LogP contribution >= 0.6 is 0 Å². The normalized spacial score (nSPS) is 13.5. The average Bonchev–Trinajstić information content (AvgIpc) is 2.03. The summed E-state index contributed by atoms with van der Waals surface area (Å²) in [7, 11) is -2.06. The van der Waals surface area contributed by atoms with Crippen molar-refractivity contribution in [3.05, 3.63) is 0 Å². The quantitative estimate of drug-likeness (QED) is 0.565. The van der Waals surface area contributed by atoms with Crippen molar-refractivity contribution >= 4 is 10.0 Å². The van der Waals surface area contributed by atoms with Gasteiger partial charge in [-0.25, -0.2) is 13.1 Å². The summed E-state index contributed by atoms with van der Waals surface area (Å²) < 4.78 is 28.7. The SMILES string of the molecule is COCC(O)CCNS(=O)(=O)CC#N. The maximum absolute atomic E-state index is 10.9. The Balaban J connectivity index is 3.69. The van der Waals surface area contributed by atoms with Gasteiger partial charge < -0.3 is 9.84 Å². The summed E-state index contributed by atoms with van der Waals surface area (Å²) in [5, 5.41) is 17.3. The Morgan fingerprint density at radius 2 is 2.29 bits per heavy atom. The lowest BCUT2D eigenvalue weighted by molar-refractivity contribution is 0.0603. The Morgan fingerprint density at radius 1 is 1.64 bits per heavy atom. The molecule has 0 aliphatic heterocycles. The van der Waals surface area contributed by atoms with E-state index in [9.17, 15) is 8.42 Å². The summed E-state index contributed by atoms with van der Waals surface area (Å²) in [4.78, 5) is 0. The number of nitrogens with zero attached hydrogens (tertiary/aromatic N) is 1. The van der Waals surface area contributed by atoms with Gasteiger partial charge in [0.2, 0.25) is 10.0 Å². The Kier molecular flexibility index (Phi) is 6.40. The van der Waals surface area contributed by atoms with E-state index in [0.717, 1.165) is 0 Å². The highest BCUT2D eigenvalue weighted by atomic mass is 32.2. The number of ether oxygens (including phenoxy) is 1. The van der Waals surface area contributed by atoms with Crippen molar-refractivity contribution in [2.24, 2.45) is 0 Å². The number of sulfonamides is 1. The minimum absolute atomic E-state index is 0.106. The van der Waals surface area contributed by atoms with Crippen LogP contribution in [0.15, 0.2) is 0 Å². The van der Waals surface area contributed by atoms with Gasteiger partial charge in [-0.05, 0) is 6.42 Å². The van der Waals surface area contributed by atoms with Crippen LogP contribution in [0.25, 0.3) is 0 Å². The van der Waals surface area contributed by atoms with Gasteiger partial charge in [0.25, 0.3) is 0 Å². The largest absolute Gasteiger partial charge is 0.391 e. The molecule has 1 atom stereocenters. The molecule has 0 aromatic heterocycles. The highest BCUT2D eigenvalue weighted by Crippen LogP contribution is 1.91. The van der Waals surface area contributed by atoms with Crippen molar-refractivity contribution in [1.29, 1.82) is 5.26 Å². The number of rotatable bonds is 7. The molecular formula is C7H14N2O4S. The highest BCUT2D eigenvalue weighted by molar-refractivity contribution is 7.89. The Hall–Kier alpha value is -0.680. The molecule has 0 spiro atoms. The fourth-order valence-electron chi connectivity index (χ4n) is 0.793. The third-order valence-corrected chi connectivity index (χ3v) is 2.57. The molecular weight excluding hydrogens is 208 g/mol. The van der Waals surface area contributed by atoms with Gasteiger partial charge in [0.05, 0.1) is 18.8 Å². The summed E-state index contributed by atoms with van der Waals surface area (Å²) in [5.41, 5.74) is 0. The lowest BCUT2D eigenvalue weighted by Crippen LogP contribution is -2.30. The van der Waals surface area contributed by atoms with Gasteiger partial charge in [0.1, 0.15) is 0 Å². The van der Waals surface area contributed by atoms with E-state index >= 15 is 0 Å². The molecule has 0 aromatic carbocycles. The molecule has 0 heterocycles. The van der Waals surface area contributed by atoms with E-state index in [4.69, 9.17) is 10.4 Å². The van der Waals surface area contributed by atoms with Crippen LogP contribution < -0.4 is 4.72 Å². The van der Waals surface area contributed by atoms with Crippen LogP contribution in [0.5, 0.6) is 0 Å². The summed E-state index contributed by atoms with van der Waals surface area (Å²) >= 11 is 0. The molecule has 7 heteroatoms. The number of hydrogen-bond donors (Lipinski definition) is 2. The van der Waals surface area contributed by atoms with Crippen molar-refractivity contribution in [2.45, 2.75) is 12.5 Å². The number of methoxy groups -OCH3 is 1. The van der Waals surface area contributed by atoms with E-state index < -0.39 is 21.9 Å². The van der Waals surface area contributed by atoms with Crippen LogP contribution in [0.3, 0.4) is 0 Å². The van der Waals surface area contributed by atoms with Gasteiger partial charge in [-0.3, -0.25) is 0 Å². The molecule has 0 amide bonds. The van der Waals surface area contributed by atoms with Gasteiger partial charge in [-0.2, -0.15) is 5.26 Å².